The number of aliphatic hydroxyl groups excluding tert-OH is 1. The van der Waals surface area contributed by atoms with Gasteiger partial charge in [-0.15, -0.1) is 0 Å². The maximum Gasteiger partial charge on any atom is 0.0897 e. The molecule has 20 heavy (non-hydrogen) atoms. The average Bonchev–Trinajstić information content (AvgIpc) is 3.10. The quantitative estimate of drug-likeness (QED) is 0.645. The molecule has 0 aromatic rings. The highest BCUT2D eigenvalue weighted by Gasteiger charge is 2.21. The zero-order valence-electron chi connectivity index (χ0n) is 12.7. The van der Waals surface area contributed by atoms with Crippen LogP contribution in [0.4, 0.5) is 0 Å². The van der Waals surface area contributed by atoms with Crippen LogP contribution in [0, 0.1) is 5.92 Å². The third-order valence-corrected chi connectivity index (χ3v) is 4.27. The number of likely N-dealkylation sites (tertiary alicyclic amines) is 1. The standard InChI is InChI=1S/C15H30N2O3/c1-2-17-6-5-13(10-17)8-16-9-14(18)11-19-12-15-4-3-7-20-15/h13-16,18H,2-12H2,1H3. The van der Waals surface area contributed by atoms with Crippen LogP contribution in [-0.2, 0) is 9.47 Å². The second-order valence-electron chi connectivity index (χ2n) is 6.03. The molecule has 0 aliphatic carbocycles. The van der Waals surface area contributed by atoms with Gasteiger partial charge in [0, 0.05) is 19.7 Å². The number of hydrogen-bond acceptors (Lipinski definition) is 5. The fraction of sp³-hybridized carbons (Fsp3) is 1.00. The van der Waals surface area contributed by atoms with Crippen molar-refractivity contribution in [3.8, 4) is 0 Å². The first kappa shape index (κ1) is 16.2. The van der Waals surface area contributed by atoms with Gasteiger partial charge in [0.2, 0.25) is 0 Å². The van der Waals surface area contributed by atoms with Crippen LogP contribution < -0.4 is 5.32 Å². The topological polar surface area (TPSA) is 54.0 Å². The minimum absolute atomic E-state index is 0.244. The predicted molar refractivity (Wildman–Crippen MR) is 78.9 cm³/mol. The van der Waals surface area contributed by atoms with Crippen molar-refractivity contribution in [3.63, 3.8) is 0 Å². The Labute approximate surface area is 122 Å². The SMILES string of the molecule is CCN1CCC(CNCC(O)COCC2CCCO2)C1. The van der Waals surface area contributed by atoms with Gasteiger partial charge in [0.25, 0.3) is 0 Å². The summed E-state index contributed by atoms with van der Waals surface area (Å²) in [6.07, 6.45) is 3.32. The van der Waals surface area contributed by atoms with Crippen molar-refractivity contribution in [2.75, 3.05) is 52.5 Å². The van der Waals surface area contributed by atoms with E-state index in [0.29, 0.717) is 19.8 Å². The number of aliphatic hydroxyl groups is 1. The molecule has 0 aromatic carbocycles. The van der Waals surface area contributed by atoms with E-state index >= 15 is 0 Å². The lowest BCUT2D eigenvalue weighted by Gasteiger charge is -2.17. The van der Waals surface area contributed by atoms with Gasteiger partial charge in [-0.3, -0.25) is 0 Å². The van der Waals surface area contributed by atoms with E-state index in [2.05, 4.69) is 17.1 Å². The van der Waals surface area contributed by atoms with Gasteiger partial charge in [0.15, 0.2) is 0 Å². The van der Waals surface area contributed by atoms with E-state index in [0.717, 1.165) is 38.5 Å². The summed E-state index contributed by atoms with van der Waals surface area (Å²) >= 11 is 0. The molecule has 0 radical (unpaired) electrons. The number of ether oxygens (including phenoxy) is 2. The lowest BCUT2D eigenvalue weighted by atomic mass is 10.1. The summed E-state index contributed by atoms with van der Waals surface area (Å²) < 4.78 is 11.0. The Kier molecular flexibility index (Phi) is 7.24. The molecule has 5 nitrogen and oxygen atoms in total. The van der Waals surface area contributed by atoms with E-state index in [1.165, 1.54) is 19.5 Å². The minimum Gasteiger partial charge on any atom is -0.389 e. The Balaban J connectivity index is 1.44. The average molecular weight is 286 g/mol. The molecule has 118 valence electrons. The molecule has 3 unspecified atom stereocenters. The third-order valence-electron chi connectivity index (χ3n) is 4.27. The number of rotatable bonds is 9. The summed E-state index contributed by atoms with van der Waals surface area (Å²) in [6.45, 7) is 9.26. The van der Waals surface area contributed by atoms with E-state index < -0.39 is 6.10 Å². The summed E-state index contributed by atoms with van der Waals surface area (Å²) in [5, 5.41) is 13.2. The molecule has 2 heterocycles. The number of nitrogens with one attached hydrogen (secondary N) is 1. The predicted octanol–water partition coefficient (Wildman–Crippen LogP) is 0.474. The van der Waals surface area contributed by atoms with E-state index in [1.54, 1.807) is 0 Å². The van der Waals surface area contributed by atoms with Crippen LogP contribution in [0.25, 0.3) is 0 Å². The molecule has 3 atom stereocenters. The summed E-state index contributed by atoms with van der Waals surface area (Å²) in [6, 6.07) is 0. The van der Waals surface area contributed by atoms with Crippen LogP contribution in [0.3, 0.4) is 0 Å². The van der Waals surface area contributed by atoms with Gasteiger partial charge in [-0.05, 0) is 44.8 Å². The highest BCUT2D eigenvalue weighted by Crippen LogP contribution is 2.14. The Morgan fingerprint density at radius 3 is 3.05 bits per heavy atom. The molecule has 5 heteroatoms. The molecule has 2 rings (SSSR count). The maximum atomic E-state index is 9.86. The molecule has 2 aliphatic rings. The van der Waals surface area contributed by atoms with Gasteiger partial charge < -0.3 is 24.8 Å². The first-order chi connectivity index (χ1) is 9.78. The smallest absolute Gasteiger partial charge is 0.0897 e. The van der Waals surface area contributed by atoms with Gasteiger partial charge in [0.1, 0.15) is 0 Å². The van der Waals surface area contributed by atoms with Gasteiger partial charge in [-0.25, -0.2) is 0 Å². The van der Waals surface area contributed by atoms with Crippen molar-refractivity contribution in [2.24, 2.45) is 5.92 Å². The largest absolute Gasteiger partial charge is 0.389 e. The molecular formula is C15H30N2O3. The molecule has 2 aliphatic heterocycles. The minimum atomic E-state index is -0.417. The van der Waals surface area contributed by atoms with Crippen molar-refractivity contribution in [2.45, 2.75) is 38.4 Å². The maximum absolute atomic E-state index is 9.86. The Morgan fingerprint density at radius 2 is 2.35 bits per heavy atom. The normalized spacial score (nSPS) is 29.1. The highest BCUT2D eigenvalue weighted by molar-refractivity contribution is 4.76. The molecule has 2 fully saturated rings. The van der Waals surface area contributed by atoms with Gasteiger partial charge in [0.05, 0.1) is 25.4 Å². The van der Waals surface area contributed by atoms with Crippen molar-refractivity contribution >= 4 is 0 Å². The monoisotopic (exact) mass is 286 g/mol. The second-order valence-corrected chi connectivity index (χ2v) is 6.03. The van der Waals surface area contributed by atoms with E-state index in [9.17, 15) is 5.11 Å². The number of hydrogen-bond donors (Lipinski definition) is 2. The molecule has 0 bridgehead atoms. The van der Waals surface area contributed by atoms with Crippen molar-refractivity contribution < 1.29 is 14.6 Å². The first-order valence-corrected chi connectivity index (χ1v) is 8.08. The van der Waals surface area contributed by atoms with Crippen molar-refractivity contribution in [1.29, 1.82) is 0 Å². The Bertz CT molecular complexity index is 260. The molecule has 0 spiro atoms. The van der Waals surface area contributed by atoms with Crippen LogP contribution in [0.1, 0.15) is 26.2 Å². The summed E-state index contributed by atoms with van der Waals surface area (Å²) in [5.74, 6) is 0.731. The molecular weight excluding hydrogens is 256 g/mol. The summed E-state index contributed by atoms with van der Waals surface area (Å²) in [4.78, 5) is 2.48. The second kappa shape index (κ2) is 8.95. The fourth-order valence-electron chi connectivity index (χ4n) is 2.99. The molecule has 0 aromatic heterocycles. The van der Waals surface area contributed by atoms with Crippen LogP contribution >= 0.6 is 0 Å². The lowest BCUT2D eigenvalue weighted by Crippen LogP contribution is -2.35. The summed E-state index contributed by atoms with van der Waals surface area (Å²) in [5.41, 5.74) is 0. The van der Waals surface area contributed by atoms with E-state index in [1.807, 2.05) is 0 Å². The van der Waals surface area contributed by atoms with Crippen LogP contribution in [-0.4, -0.2) is 74.8 Å². The Morgan fingerprint density at radius 1 is 1.45 bits per heavy atom. The summed E-state index contributed by atoms with van der Waals surface area (Å²) in [7, 11) is 0. The van der Waals surface area contributed by atoms with Crippen LogP contribution in [0.15, 0.2) is 0 Å². The first-order valence-electron chi connectivity index (χ1n) is 8.08. The van der Waals surface area contributed by atoms with Crippen LogP contribution in [0.5, 0.6) is 0 Å². The zero-order chi connectivity index (χ0) is 14.2. The van der Waals surface area contributed by atoms with Gasteiger partial charge >= 0.3 is 0 Å². The molecule has 2 saturated heterocycles. The number of nitrogens with zero attached hydrogens (tertiary/aromatic N) is 1. The fourth-order valence-corrected chi connectivity index (χ4v) is 2.99. The van der Waals surface area contributed by atoms with Gasteiger partial charge in [-0.1, -0.05) is 6.92 Å². The van der Waals surface area contributed by atoms with E-state index in [-0.39, 0.29) is 6.10 Å². The third kappa shape index (κ3) is 5.66. The lowest BCUT2D eigenvalue weighted by molar-refractivity contribution is -0.0165. The zero-order valence-corrected chi connectivity index (χ0v) is 12.7. The van der Waals surface area contributed by atoms with Crippen LogP contribution in [0.2, 0.25) is 0 Å². The van der Waals surface area contributed by atoms with Gasteiger partial charge in [-0.2, -0.15) is 0 Å². The van der Waals surface area contributed by atoms with E-state index in [4.69, 9.17) is 9.47 Å². The highest BCUT2D eigenvalue weighted by atomic mass is 16.5. The molecule has 0 amide bonds. The Hall–Kier alpha value is -0.200. The van der Waals surface area contributed by atoms with Crippen molar-refractivity contribution in [1.82, 2.24) is 10.2 Å². The van der Waals surface area contributed by atoms with Crippen molar-refractivity contribution in [3.05, 3.63) is 0 Å². The molecule has 2 N–H and O–H groups in total. The molecule has 0 saturated carbocycles.